The van der Waals surface area contributed by atoms with Crippen LogP contribution in [0.1, 0.15) is 24.2 Å². The molecule has 1 N–H and O–H groups in total. The Kier molecular flexibility index (Phi) is 5.07. The first-order valence-corrected chi connectivity index (χ1v) is 10.1. The smallest absolute Gasteiger partial charge is 0.262 e. The number of amides is 2. The third-order valence-corrected chi connectivity index (χ3v) is 5.72. The second kappa shape index (κ2) is 7.19. The number of sulfonamides is 1. The summed E-state index contributed by atoms with van der Waals surface area (Å²) in [6, 6.07) is 5.61. The first kappa shape index (κ1) is 19.7. The summed E-state index contributed by atoms with van der Waals surface area (Å²) in [6.45, 7) is 3.40. The van der Waals surface area contributed by atoms with Gasteiger partial charge in [-0.25, -0.2) is 18.4 Å². The molecule has 0 unspecified atom stereocenters. The van der Waals surface area contributed by atoms with E-state index in [2.05, 4.69) is 14.7 Å². The zero-order valence-corrected chi connectivity index (χ0v) is 16.9. The highest BCUT2D eigenvalue weighted by Gasteiger charge is 2.30. The number of aryl methyl sites for hydroxylation is 2. The summed E-state index contributed by atoms with van der Waals surface area (Å²) in [5.74, 6) is -0.0894. The number of benzene rings is 1. The van der Waals surface area contributed by atoms with Gasteiger partial charge in [-0.15, -0.1) is 0 Å². The number of carbonyl (C=O) groups excluding carboxylic acids is 2. The molecule has 1 aliphatic rings. The molecule has 0 saturated carbocycles. The molecule has 2 heterocycles. The Labute approximate surface area is 163 Å². The molecule has 0 radical (unpaired) electrons. The van der Waals surface area contributed by atoms with Gasteiger partial charge in [-0.1, -0.05) is 0 Å². The maximum Gasteiger partial charge on any atom is 0.262 e. The van der Waals surface area contributed by atoms with E-state index in [1.807, 2.05) is 0 Å². The van der Waals surface area contributed by atoms with Gasteiger partial charge >= 0.3 is 0 Å². The van der Waals surface area contributed by atoms with Crippen LogP contribution in [-0.4, -0.2) is 44.3 Å². The van der Waals surface area contributed by atoms with Gasteiger partial charge in [0.05, 0.1) is 27.7 Å². The highest BCUT2D eigenvalue weighted by Crippen LogP contribution is 2.26. The van der Waals surface area contributed by atoms with Crippen LogP contribution in [0, 0.1) is 13.8 Å². The van der Waals surface area contributed by atoms with Gasteiger partial charge in [0.15, 0.2) is 0 Å². The van der Waals surface area contributed by atoms with Crippen LogP contribution < -0.4 is 14.5 Å². The molecule has 10 heteroatoms. The molecule has 9 nitrogen and oxygen atoms in total. The molecule has 0 spiro atoms. The molecule has 0 atom stereocenters. The number of nitrogens with zero attached hydrogens (tertiary/aromatic N) is 4. The lowest BCUT2D eigenvalue weighted by molar-refractivity contribution is -0.121. The van der Waals surface area contributed by atoms with Gasteiger partial charge in [0, 0.05) is 26.9 Å². The molecule has 0 aliphatic carbocycles. The molecule has 2 aromatic rings. The SMILES string of the molecule is Cc1nc(N(C)C)nc(C)c1NS(=O)(=O)c1ccc(N2C(=O)CCC2=O)cc1. The van der Waals surface area contributed by atoms with Crippen LogP contribution in [0.4, 0.5) is 17.3 Å². The zero-order chi connectivity index (χ0) is 20.6. The fraction of sp³-hybridized carbons (Fsp3) is 0.333. The van der Waals surface area contributed by atoms with Crippen molar-refractivity contribution in [3.63, 3.8) is 0 Å². The number of imide groups is 1. The molecular weight excluding hydrogens is 382 g/mol. The third kappa shape index (κ3) is 3.68. The Bertz CT molecular complexity index is 1010. The van der Waals surface area contributed by atoms with Crippen LogP contribution in [0.5, 0.6) is 0 Å². The molecule has 2 amide bonds. The van der Waals surface area contributed by atoms with Crippen LogP contribution >= 0.6 is 0 Å². The van der Waals surface area contributed by atoms with Crippen molar-refractivity contribution in [2.24, 2.45) is 0 Å². The number of hydrogen-bond donors (Lipinski definition) is 1. The molecule has 1 aromatic carbocycles. The van der Waals surface area contributed by atoms with Gasteiger partial charge in [-0.05, 0) is 38.1 Å². The second-order valence-corrected chi connectivity index (χ2v) is 8.37. The summed E-state index contributed by atoms with van der Waals surface area (Å²) in [6.07, 6.45) is 0.337. The zero-order valence-electron chi connectivity index (χ0n) is 16.1. The normalized spacial score (nSPS) is 14.5. The third-order valence-electron chi connectivity index (χ3n) is 4.35. The van der Waals surface area contributed by atoms with Gasteiger partial charge in [-0.2, -0.15) is 0 Å². The van der Waals surface area contributed by atoms with E-state index >= 15 is 0 Å². The molecule has 148 valence electrons. The van der Waals surface area contributed by atoms with Gasteiger partial charge in [0.1, 0.15) is 0 Å². The first-order valence-electron chi connectivity index (χ1n) is 8.61. The van der Waals surface area contributed by atoms with E-state index in [-0.39, 0.29) is 29.6 Å². The maximum atomic E-state index is 12.8. The summed E-state index contributed by atoms with van der Waals surface area (Å²) < 4.78 is 28.0. The Balaban J connectivity index is 1.88. The average Bonchev–Trinajstić information content (AvgIpc) is 2.96. The molecule has 28 heavy (non-hydrogen) atoms. The fourth-order valence-electron chi connectivity index (χ4n) is 2.88. The lowest BCUT2D eigenvalue weighted by Gasteiger charge is -2.17. The van der Waals surface area contributed by atoms with Gasteiger partial charge in [0.2, 0.25) is 17.8 Å². The molecule has 1 aromatic heterocycles. The van der Waals surface area contributed by atoms with Gasteiger partial charge in [-0.3, -0.25) is 19.2 Å². The molecular formula is C18H21N5O4S. The minimum atomic E-state index is -3.89. The van der Waals surface area contributed by atoms with Crippen LogP contribution in [0.3, 0.4) is 0 Å². The minimum Gasteiger partial charge on any atom is -0.347 e. The summed E-state index contributed by atoms with van der Waals surface area (Å²) in [4.78, 5) is 35.0. The van der Waals surface area contributed by atoms with Crippen molar-refractivity contribution in [2.45, 2.75) is 31.6 Å². The van der Waals surface area contributed by atoms with Crippen LogP contribution in [0.2, 0.25) is 0 Å². The van der Waals surface area contributed by atoms with Gasteiger partial charge in [0.25, 0.3) is 10.0 Å². The number of carbonyl (C=O) groups is 2. The van der Waals surface area contributed by atoms with Crippen LogP contribution in [0.25, 0.3) is 0 Å². The van der Waals surface area contributed by atoms with Crippen molar-refractivity contribution in [1.29, 1.82) is 0 Å². The largest absolute Gasteiger partial charge is 0.347 e. The molecule has 1 saturated heterocycles. The molecule has 0 bridgehead atoms. The van der Waals surface area contributed by atoms with E-state index in [1.165, 1.54) is 24.3 Å². The van der Waals surface area contributed by atoms with Crippen molar-refractivity contribution in [2.75, 3.05) is 28.6 Å². The summed E-state index contributed by atoms with van der Waals surface area (Å²) in [5.41, 5.74) is 1.69. The highest BCUT2D eigenvalue weighted by molar-refractivity contribution is 7.92. The number of rotatable bonds is 5. The quantitative estimate of drug-likeness (QED) is 0.755. The monoisotopic (exact) mass is 403 g/mol. The topological polar surface area (TPSA) is 113 Å². The van der Waals surface area contributed by atoms with E-state index in [4.69, 9.17) is 0 Å². The Hall–Kier alpha value is -3.01. The summed E-state index contributed by atoms with van der Waals surface area (Å²) in [5, 5.41) is 0. The summed E-state index contributed by atoms with van der Waals surface area (Å²) >= 11 is 0. The summed E-state index contributed by atoms with van der Waals surface area (Å²) in [7, 11) is -0.289. The molecule has 1 fully saturated rings. The standard InChI is InChI=1S/C18H21N5O4S/c1-11-17(12(2)20-18(19-11)22(3)4)21-28(26,27)14-7-5-13(6-8-14)23-15(24)9-10-16(23)25/h5-8,21H,9-10H2,1-4H3. The van der Waals surface area contributed by atoms with E-state index in [9.17, 15) is 18.0 Å². The lowest BCUT2D eigenvalue weighted by atomic mass is 10.3. The van der Waals surface area contributed by atoms with Gasteiger partial charge < -0.3 is 4.90 Å². The van der Waals surface area contributed by atoms with Crippen molar-refractivity contribution >= 4 is 39.2 Å². The predicted molar refractivity (Wildman–Crippen MR) is 105 cm³/mol. The van der Waals surface area contributed by atoms with Crippen molar-refractivity contribution in [3.05, 3.63) is 35.7 Å². The number of hydrogen-bond acceptors (Lipinski definition) is 7. The molecule has 3 rings (SSSR count). The fourth-order valence-corrected chi connectivity index (χ4v) is 4.05. The van der Waals surface area contributed by atoms with Crippen LogP contribution in [-0.2, 0) is 19.6 Å². The molecule has 1 aliphatic heterocycles. The Morgan fingerprint density at radius 3 is 1.93 bits per heavy atom. The maximum absolute atomic E-state index is 12.8. The van der Waals surface area contributed by atoms with Crippen LogP contribution in [0.15, 0.2) is 29.2 Å². The average molecular weight is 403 g/mol. The van der Waals surface area contributed by atoms with E-state index < -0.39 is 10.0 Å². The van der Waals surface area contributed by atoms with E-state index in [1.54, 1.807) is 32.8 Å². The number of nitrogens with one attached hydrogen (secondary N) is 1. The second-order valence-electron chi connectivity index (χ2n) is 6.69. The number of aromatic nitrogens is 2. The number of anilines is 3. The van der Waals surface area contributed by atoms with Crippen molar-refractivity contribution < 1.29 is 18.0 Å². The highest BCUT2D eigenvalue weighted by atomic mass is 32.2. The first-order chi connectivity index (χ1) is 13.1. The lowest BCUT2D eigenvalue weighted by Crippen LogP contribution is -2.28. The van der Waals surface area contributed by atoms with E-state index in [0.717, 1.165) is 4.90 Å². The Morgan fingerprint density at radius 2 is 1.46 bits per heavy atom. The van der Waals surface area contributed by atoms with Crippen molar-refractivity contribution in [3.8, 4) is 0 Å². The van der Waals surface area contributed by atoms with E-state index in [0.29, 0.717) is 28.7 Å². The Morgan fingerprint density at radius 1 is 0.964 bits per heavy atom. The minimum absolute atomic E-state index is 0.00540. The predicted octanol–water partition coefficient (Wildman–Crippen LogP) is 1.61. The van der Waals surface area contributed by atoms with Crippen molar-refractivity contribution in [1.82, 2.24) is 9.97 Å².